The molecule has 4 nitrogen and oxygen atoms in total. The van der Waals surface area contributed by atoms with Crippen LogP contribution in [0.2, 0.25) is 0 Å². The Labute approximate surface area is 178 Å². The van der Waals surface area contributed by atoms with Crippen LogP contribution in [-0.2, 0) is 9.52 Å². The van der Waals surface area contributed by atoms with E-state index in [1.165, 1.54) is 24.2 Å². The van der Waals surface area contributed by atoms with Crippen molar-refractivity contribution in [1.82, 2.24) is 9.80 Å². The molecule has 2 aliphatic rings. The number of carbonyl (C=O) groups is 1. The van der Waals surface area contributed by atoms with Gasteiger partial charge in [-0.05, 0) is 74.9 Å². The molecule has 1 aromatic heterocycles. The maximum Gasteiger partial charge on any atom is 0.254 e. The van der Waals surface area contributed by atoms with Gasteiger partial charge in [0.1, 0.15) is 0 Å². The lowest BCUT2D eigenvalue weighted by atomic mass is 10.1. The Kier molecular flexibility index (Phi) is 5.87. The normalized spacial score (nSPS) is 24.7. The van der Waals surface area contributed by atoms with Crippen LogP contribution in [0, 0.1) is 0 Å². The van der Waals surface area contributed by atoms with Crippen LogP contribution in [0.15, 0.2) is 40.6 Å². The van der Waals surface area contributed by atoms with Crippen LogP contribution >= 0.6 is 11.3 Å². The van der Waals surface area contributed by atoms with Crippen LogP contribution in [0.3, 0.4) is 0 Å². The molecule has 1 aromatic carbocycles. The van der Waals surface area contributed by atoms with Gasteiger partial charge in [0, 0.05) is 51.4 Å². The second kappa shape index (κ2) is 8.25. The van der Waals surface area contributed by atoms with Crippen molar-refractivity contribution in [1.29, 1.82) is 0 Å². The van der Waals surface area contributed by atoms with E-state index >= 15 is 0 Å². The van der Waals surface area contributed by atoms with Crippen molar-refractivity contribution in [2.75, 3.05) is 25.9 Å². The molecule has 2 aliphatic heterocycles. The van der Waals surface area contributed by atoms with Gasteiger partial charge in [-0.15, -0.1) is 11.3 Å². The highest BCUT2D eigenvalue weighted by atomic mass is 32.2. The average Bonchev–Trinajstić information content (AvgIpc) is 3.43. The number of likely N-dealkylation sites (tertiary alicyclic amines) is 2. The smallest absolute Gasteiger partial charge is 0.254 e. The largest absolute Gasteiger partial charge is 0.334 e. The number of hydrogen-bond acceptors (Lipinski definition) is 4. The molecule has 0 radical (unpaired) electrons. The average molecular weight is 431 g/mol. The van der Waals surface area contributed by atoms with E-state index in [1.54, 1.807) is 6.26 Å². The number of rotatable bonds is 5. The second-order valence-electron chi connectivity index (χ2n) is 8.48. The highest BCUT2D eigenvalue weighted by Gasteiger charge is 2.32. The molecule has 6 heteroatoms. The zero-order valence-electron chi connectivity index (χ0n) is 17.3. The number of benzene rings is 1. The minimum Gasteiger partial charge on any atom is -0.334 e. The Bertz CT molecular complexity index is 979. The van der Waals surface area contributed by atoms with E-state index in [1.807, 2.05) is 36.4 Å². The number of amides is 1. The predicted molar refractivity (Wildman–Crippen MR) is 124 cm³/mol. The fourth-order valence-corrected chi connectivity index (χ4v) is 6.55. The third-order valence-corrected chi connectivity index (χ3v) is 9.42. The first kappa shape index (κ1) is 20.6. The quantitative estimate of drug-likeness (QED) is 0.667. The number of hydrogen-bond donors (Lipinski definition) is 0. The minimum absolute atomic E-state index is 0.145. The first-order chi connectivity index (χ1) is 13.8. The van der Waals surface area contributed by atoms with Crippen molar-refractivity contribution in [2.45, 2.75) is 48.9 Å². The van der Waals surface area contributed by atoms with E-state index in [0.29, 0.717) is 12.1 Å². The SMILES string of the molecule is C=S(C)(=O)c1ccc(-c2ccc(C(=O)N3CCC[C@H]3CN3CCC[C@H]3C)cc2)s1. The fraction of sp³-hybridized carbons (Fsp3) is 0.478. The molecular formula is C23H30N2O2S2. The predicted octanol–water partition coefficient (Wildman–Crippen LogP) is 4.21. The molecule has 1 unspecified atom stereocenters. The van der Waals surface area contributed by atoms with Gasteiger partial charge in [0.25, 0.3) is 5.91 Å². The summed E-state index contributed by atoms with van der Waals surface area (Å²) in [7, 11) is -2.19. The Morgan fingerprint density at radius 3 is 2.48 bits per heavy atom. The number of thiophene rings is 1. The maximum absolute atomic E-state index is 13.2. The summed E-state index contributed by atoms with van der Waals surface area (Å²) in [4.78, 5) is 18.8. The zero-order chi connectivity index (χ0) is 20.6. The molecular weight excluding hydrogens is 400 g/mol. The van der Waals surface area contributed by atoms with Gasteiger partial charge in [0.15, 0.2) is 0 Å². The Morgan fingerprint density at radius 1 is 1.14 bits per heavy atom. The summed E-state index contributed by atoms with van der Waals surface area (Å²) in [5.41, 5.74) is 1.80. The molecule has 0 aliphatic carbocycles. The molecule has 29 heavy (non-hydrogen) atoms. The van der Waals surface area contributed by atoms with Crippen molar-refractivity contribution >= 4 is 32.6 Å². The second-order valence-corrected chi connectivity index (χ2v) is 12.3. The maximum atomic E-state index is 13.2. The lowest BCUT2D eigenvalue weighted by molar-refractivity contribution is 0.0696. The summed E-state index contributed by atoms with van der Waals surface area (Å²) >= 11 is 1.51. The van der Waals surface area contributed by atoms with Crippen molar-refractivity contribution < 1.29 is 9.00 Å². The van der Waals surface area contributed by atoms with Gasteiger partial charge >= 0.3 is 0 Å². The van der Waals surface area contributed by atoms with Crippen LogP contribution in [0.1, 0.15) is 43.0 Å². The van der Waals surface area contributed by atoms with Crippen molar-refractivity contribution in [2.24, 2.45) is 0 Å². The molecule has 0 spiro atoms. The molecule has 0 bridgehead atoms. The monoisotopic (exact) mass is 430 g/mol. The van der Waals surface area contributed by atoms with Gasteiger partial charge in [-0.25, -0.2) is 0 Å². The van der Waals surface area contributed by atoms with Gasteiger partial charge in [0.2, 0.25) is 0 Å². The van der Waals surface area contributed by atoms with E-state index in [9.17, 15) is 9.00 Å². The third-order valence-electron chi connectivity index (χ3n) is 6.20. The molecule has 0 saturated carbocycles. The number of nitrogens with zero attached hydrogens (tertiary/aromatic N) is 2. The Hall–Kier alpha value is -1.63. The van der Waals surface area contributed by atoms with Gasteiger partial charge in [-0.3, -0.25) is 13.9 Å². The van der Waals surface area contributed by atoms with E-state index in [4.69, 9.17) is 0 Å². The summed E-state index contributed by atoms with van der Waals surface area (Å²) in [5.74, 6) is 3.91. The molecule has 3 atom stereocenters. The van der Waals surface area contributed by atoms with Crippen molar-refractivity contribution in [3.63, 3.8) is 0 Å². The minimum atomic E-state index is -2.19. The molecule has 156 valence electrons. The molecule has 3 heterocycles. The summed E-state index contributed by atoms with van der Waals surface area (Å²) in [5, 5.41) is 0. The van der Waals surface area contributed by atoms with Crippen LogP contribution in [0.25, 0.3) is 10.4 Å². The first-order valence-corrected chi connectivity index (χ1v) is 13.4. The molecule has 2 fully saturated rings. The fourth-order valence-electron chi connectivity index (χ4n) is 4.48. The van der Waals surface area contributed by atoms with Crippen molar-refractivity contribution in [3.8, 4) is 10.4 Å². The van der Waals surface area contributed by atoms with Crippen molar-refractivity contribution in [3.05, 3.63) is 42.0 Å². The summed E-state index contributed by atoms with van der Waals surface area (Å²) in [6, 6.07) is 12.7. The summed E-state index contributed by atoms with van der Waals surface area (Å²) in [6.07, 6.45) is 6.41. The number of carbonyl (C=O) groups excluding carboxylic acids is 1. The van der Waals surface area contributed by atoms with E-state index < -0.39 is 9.52 Å². The molecule has 0 N–H and O–H groups in total. The van der Waals surface area contributed by atoms with Crippen LogP contribution in [0.4, 0.5) is 0 Å². The van der Waals surface area contributed by atoms with Crippen LogP contribution in [0.5, 0.6) is 0 Å². The van der Waals surface area contributed by atoms with Crippen LogP contribution < -0.4 is 0 Å². The third kappa shape index (κ3) is 4.44. The van der Waals surface area contributed by atoms with Crippen LogP contribution in [-0.4, -0.2) is 63.8 Å². The van der Waals surface area contributed by atoms with Gasteiger partial charge in [-0.2, -0.15) is 0 Å². The lowest BCUT2D eigenvalue weighted by Gasteiger charge is -2.30. The molecule has 1 amide bonds. The first-order valence-electron chi connectivity index (χ1n) is 10.4. The Morgan fingerprint density at radius 2 is 1.86 bits per heavy atom. The highest BCUT2D eigenvalue weighted by Crippen LogP contribution is 2.31. The van der Waals surface area contributed by atoms with Gasteiger partial charge in [-0.1, -0.05) is 12.1 Å². The molecule has 2 saturated heterocycles. The van der Waals surface area contributed by atoms with Gasteiger partial charge in [0.05, 0.1) is 4.21 Å². The summed E-state index contributed by atoms with van der Waals surface area (Å²) in [6.45, 7) is 5.32. The lowest BCUT2D eigenvalue weighted by Crippen LogP contribution is -2.44. The molecule has 2 aromatic rings. The zero-order valence-corrected chi connectivity index (χ0v) is 18.9. The Balaban J connectivity index is 1.47. The molecule has 4 rings (SSSR count). The van der Waals surface area contributed by atoms with E-state index in [2.05, 4.69) is 22.6 Å². The highest BCUT2D eigenvalue weighted by molar-refractivity contribution is 8.01. The standard InChI is InChI=1S/C23H30N2O2S2/c1-17-6-4-14-24(17)16-20-7-5-15-25(20)23(26)19-10-8-18(9-11-19)21-12-13-22(28-21)29(2,3)27/h8-13,17,20H,2,4-7,14-16H2,1,3H3/t17-,20+,29?/m1/s1. The summed E-state index contributed by atoms with van der Waals surface area (Å²) < 4.78 is 13.0. The van der Waals surface area contributed by atoms with E-state index in [-0.39, 0.29) is 5.91 Å². The van der Waals surface area contributed by atoms with E-state index in [0.717, 1.165) is 52.7 Å². The van der Waals surface area contributed by atoms with Gasteiger partial charge < -0.3 is 4.90 Å². The topological polar surface area (TPSA) is 40.6 Å².